The van der Waals surface area contributed by atoms with E-state index in [0.717, 1.165) is 47.1 Å². The molecule has 3 nitrogen and oxygen atoms in total. The molecule has 0 amide bonds. The van der Waals surface area contributed by atoms with Crippen molar-refractivity contribution in [2.75, 3.05) is 0 Å². The van der Waals surface area contributed by atoms with E-state index < -0.39 is 0 Å². The second kappa shape index (κ2) is 4.42. The van der Waals surface area contributed by atoms with Crippen molar-refractivity contribution >= 4 is 27.0 Å². The number of halogens is 1. The van der Waals surface area contributed by atoms with Crippen molar-refractivity contribution in [3.05, 3.63) is 28.6 Å². The molecule has 0 saturated heterocycles. The lowest BCUT2D eigenvalue weighted by Gasteiger charge is -2.23. The fourth-order valence-electron chi connectivity index (χ4n) is 2.47. The van der Waals surface area contributed by atoms with Crippen LogP contribution >= 0.6 is 15.9 Å². The number of para-hydroxylation sites is 1. The van der Waals surface area contributed by atoms with Gasteiger partial charge in [0, 0.05) is 12.0 Å². The molecule has 0 unspecified atom stereocenters. The van der Waals surface area contributed by atoms with Crippen LogP contribution in [-0.4, -0.2) is 11.0 Å². The van der Waals surface area contributed by atoms with Crippen LogP contribution in [0.3, 0.4) is 0 Å². The lowest BCUT2D eigenvalue weighted by Crippen LogP contribution is -2.25. The highest BCUT2D eigenvalue weighted by Gasteiger charge is 2.24. The van der Waals surface area contributed by atoms with E-state index in [9.17, 15) is 0 Å². The van der Waals surface area contributed by atoms with Gasteiger partial charge in [-0.2, -0.15) is 0 Å². The molecule has 0 radical (unpaired) electrons. The van der Waals surface area contributed by atoms with Crippen molar-refractivity contribution in [2.45, 2.75) is 37.6 Å². The molecule has 3 rings (SSSR count). The van der Waals surface area contributed by atoms with Crippen LogP contribution in [0.4, 0.5) is 0 Å². The minimum atomic E-state index is 0.363. The van der Waals surface area contributed by atoms with Gasteiger partial charge in [0.1, 0.15) is 5.52 Å². The Bertz CT molecular complexity index is 529. The van der Waals surface area contributed by atoms with E-state index in [1.54, 1.807) is 0 Å². The van der Waals surface area contributed by atoms with Gasteiger partial charge in [0.2, 0.25) is 0 Å². The van der Waals surface area contributed by atoms with Gasteiger partial charge in [0.25, 0.3) is 0 Å². The average molecular weight is 295 g/mol. The first-order chi connectivity index (χ1) is 8.24. The second-order valence-electron chi connectivity index (χ2n) is 4.75. The van der Waals surface area contributed by atoms with Gasteiger partial charge in [0.05, 0.1) is 4.47 Å². The van der Waals surface area contributed by atoms with E-state index in [4.69, 9.17) is 10.2 Å². The number of aromatic nitrogens is 1. The summed E-state index contributed by atoms with van der Waals surface area (Å²) >= 11 is 3.49. The highest BCUT2D eigenvalue weighted by molar-refractivity contribution is 9.10. The van der Waals surface area contributed by atoms with E-state index in [0.29, 0.717) is 12.0 Å². The summed E-state index contributed by atoms with van der Waals surface area (Å²) in [5.41, 5.74) is 7.71. The first kappa shape index (κ1) is 11.2. The molecular weight excluding hydrogens is 280 g/mol. The molecular formula is C13H15BrN2O. The molecule has 0 spiro atoms. The van der Waals surface area contributed by atoms with Crippen molar-refractivity contribution in [1.29, 1.82) is 0 Å². The fraction of sp³-hybridized carbons (Fsp3) is 0.462. The molecule has 0 atom stereocenters. The van der Waals surface area contributed by atoms with Crippen molar-refractivity contribution in [1.82, 2.24) is 4.98 Å². The molecule has 4 heteroatoms. The Morgan fingerprint density at radius 3 is 2.71 bits per heavy atom. The smallest absolute Gasteiger partial charge is 0.198 e. The van der Waals surface area contributed by atoms with Gasteiger partial charge in [-0.05, 0) is 53.7 Å². The molecule has 1 fully saturated rings. The van der Waals surface area contributed by atoms with Gasteiger partial charge in [-0.3, -0.25) is 0 Å². The van der Waals surface area contributed by atoms with Gasteiger partial charge < -0.3 is 10.2 Å². The molecule has 1 saturated carbocycles. The van der Waals surface area contributed by atoms with Crippen LogP contribution in [0.15, 0.2) is 27.1 Å². The monoisotopic (exact) mass is 294 g/mol. The zero-order chi connectivity index (χ0) is 11.8. The van der Waals surface area contributed by atoms with Crippen LogP contribution in [0.1, 0.15) is 37.5 Å². The van der Waals surface area contributed by atoms with Crippen molar-refractivity contribution in [3.63, 3.8) is 0 Å². The SMILES string of the molecule is NC1CCC(c2nc3cccc(Br)c3o2)CC1. The molecule has 1 aromatic heterocycles. The van der Waals surface area contributed by atoms with E-state index in [2.05, 4.69) is 20.9 Å². The molecule has 17 heavy (non-hydrogen) atoms. The standard InChI is InChI=1S/C13H15BrN2O/c14-10-2-1-3-11-12(10)17-13(16-11)8-4-6-9(15)7-5-8/h1-3,8-9H,4-7,15H2. The summed E-state index contributed by atoms with van der Waals surface area (Å²) in [5.74, 6) is 1.31. The predicted molar refractivity (Wildman–Crippen MR) is 70.9 cm³/mol. The lowest BCUT2D eigenvalue weighted by atomic mass is 9.86. The highest BCUT2D eigenvalue weighted by Crippen LogP contribution is 2.34. The Morgan fingerprint density at radius 1 is 1.24 bits per heavy atom. The van der Waals surface area contributed by atoms with Crippen LogP contribution in [0.5, 0.6) is 0 Å². The number of nitrogens with two attached hydrogens (primary N) is 1. The largest absolute Gasteiger partial charge is 0.439 e. The van der Waals surface area contributed by atoms with E-state index in [1.807, 2.05) is 18.2 Å². The number of hydrogen-bond acceptors (Lipinski definition) is 3. The lowest BCUT2D eigenvalue weighted by molar-refractivity contribution is 0.346. The van der Waals surface area contributed by atoms with Crippen LogP contribution < -0.4 is 5.73 Å². The van der Waals surface area contributed by atoms with Crippen LogP contribution in [-0.2, 0) is 0 Å². The molecule has 0 bridgehead atoms. The molecule has 1 aliphatic rings. The maximum absolute atomic E-state index is 5.92. The number of hydrogen-bond donors (Lipinski definition) is 1. The van der Waals surface area contributed by atoms with Gasteiger partial charge >= 0.3 is 0 Å². The minimum Gasteiger partial charge on any atom is -0.439 e. The van der Waals surface area contributed by atoms with Crippen LogP contribution in [0, 0.1) is 0 Å². The highest BCUT2D eigenvalue weighted by atomic mass is 79.9. The first-order valence-electron chi connectivity index (χ1n) is 6.04. The van der Waals surface area contributed by atoms with Crippen LogP contribution in [0.2, 0.25) is 0 Å². The summed E-state index contributed by atoms with van der Waals surface area (Å²) < 4.78 is 6.85. The number of nitrogens with zero attached hydrogens (tertiary/aromatic N) is 1. The Hall–Kier alpha value is -0.870. The topological polar surface area (TPSA) is 52.0 Å². The van der Waals surface area contributed by atoms with E-state index in [1.165, 1.54) is 0 Å². The number of fused-ring (bicyclic) bond motifs is 1. The van der Waals surface area contributed by atoms with Crippen molar-refractivity contribution in [2.24, 2.45) is 5.73 Å². The zero-order valence-corrected chi connectivity index (χ0v) is 11.1. The van der Waals surface area contributed by atoms with Gasteiger partial charge in [0.15, 0.2) is 11.5 Å². The fourth-order valence-corrected chi connectivity index (χ4v) is 2.91. The van der Waals surface area contributed by atoms with Gasteiger partial charge in [-0.15, -0.1) is 0 Å². The molecule has 0 aliphatic heterocycles. The van der Waals surface area contributed by atoms with Gasteiger partial charge in [-0.25, -0.2) is 4.98 Å². The van der Waals surface area contributed by atoms with E-state index >= 15 is 0 Å². The van der Waals surface area contributed by atoms with Crippen molar-refractivity contribution in [3.8, 4) is 0 Å². The predicted octanol–water partition coefficient (Wildman–Crippen LogP) is 3.58. The molecule has 1 heterocycles. The molecule has 90 valence electrons. The number of benzene rings is 1. The summed E-state index contributed by atoms with van der Waals surface area (Å²) in [7, 11) is 0. The summed E-state index contributed by atoms with van der Waals surface area (Å²) in [5, 5.41) is 0. The van der Waals surface area contributed by atoms with E-state index in [-0.39, 0.29) is 0 Å². The first-order valence-corrected chi connectivity index (χ1v) is 6.84. The third kappa shape index (κ3) is 2.11. The number of rotatable bonds is 1. The summed E-state index contributed by atoms with van der Waals surface area (Å²) in [6, 6.07) is 6.31. The Kier molecular flexibility index (Phi) is 2.92. The zero-order valence-electron chi connectivity index (χ0n) is 9.53. The molecule has 1 aromatic carbocycles. The molecule has 2 N–H and O–H groups in total. The Labute approximate surface area is 109 Å². The minimum absolute atomic E-state index is 0.363. The summed E-state index contributed by atoms with van der Waals surface area (Å²) in [4.78, 5) is 4.58. The maximum atomic E-state index is 5.92. The summed E-state index contributed by atoms with van der Waals surface area (Å²) in [6.45, 7) is 0. The normalized spacial score (nSPS) is 25.3. The van der Waals surface area contributed by atoms with Crippen LogP contribution in [0.25, 0.3) is 11.1 Å². The van der Waals surface area contributed by atoms with Crippen molar-refractivity contribution < 1.29 is 4.42 Å². The quantitative estimate of drug-likeness (QED) is 0.875. The third-order valence-corrected chi connectivity index (χ3v) is 4.13. The Balaban J connectivity index is 1.93. The Morgan fingerprint density at radius 2 is 2.00 bits per heavy atom. The maximum Gasteiger partial charge on any atom is 0.198 e. The van der Waals surface area contributed by atoms with Gasteiger partial charge in [-0.1, -0.05) is 6.07 Å². The summed E-state index contributed by atoms with van der Waals surface area (Å²) in [6.07, 6.45) is 4.33. The number of oxazole rings is 1. The molecule has 2 aromatic rings. The average Bonchev–Trinajstić information content (AvgIpc) is 2.75. The molecule has 1 aliphatic carbocycles. The second-order valence-corrected chi connectivity index (χ2v) is 5.61. The third-order valence-electron chi connectivity index (χ3n) is 3.50.